The van der Waals surface area contributed by atoms with Gasteiger partial charge in [0.15, 0.2) is 0 Å². The van der Waals surface area contributed by atoms with Gasteiger partial charge in [-0.05, 0) is 66.6 Å². The molecule has 2 aromatic rings. The van der Waals surface area contributed by atoms with Crippen LogP contribution in [0.1, 0.15) is 59.6 Å². The molecule has 1 atom stereocenters. The highest BCUT2D eigenvalue weighted by molar-refractivity contribution is 5.67. The van der Waals surface area contributed by atoms with Crippen LogP contribution in [0, 0.1) is 19.3 Å². The highest BCUT2D eigenvalue weighted by Gasteiger charge is 2.25. The summed E-state index contributed by atoms with van der Waals surface area (Å²) < 4.78 is 0. The second-order valence-corrected chi connectivity index (χ2v) is 7.29. The molecule has 2 aromatic carbocycles. The van der Waals surface area contributed by atoms with E-state index in [1.165, 1.54) is 39.9 Å². The van der Waals surface area contributed by atoms with Gasteiger partial charge < -0.3 is 4.90 Å². The second kappa shape index (κ2) is 7.83. The van der Waals surface area contributed by atoms with E-state index in [1.54, 1.807) is 0 Å². The number of aryl methyl sites for hydroxylation is 3. The molecular weight excluding hydrogens is 314 g/mol. The fourth-order valence-electron chi connectivity index (χ4n) is 4.08. The normalized spacial score (nSPS) is 16.5. The molecular formula is C25H29N. The van der Waals surface area contributed by atoms with Crippen LogP contribution in [0.5, 0.6) is 0 Å². The van der Waals surface area contributed by atoms with Gasteiger partial charge in [-0.15, -0.1) is 6.42 Å². The zero-order chi connectivity index (χ0) is 18.7. The van der Waals surface area contributed by atoms with Gasteiger partial charge in [0.05, 0.1) is 0 Å². The van der Waals surface area contributed by atoms with Gasteiger partial charge in [0.2, 0.25) is 0 Å². The van der Waals surface area contributed by atoms with Crippen LogP contribution >= 0.6 is 0 Å². The molecule has 0 saturated carbocycles. The average Bonchev–Trinajstić information content (AvgIpc) is 3.17. The number of rotatable bonds is 5. The highest BCUT2D eigenvalue weighted by Crippen LogP contribution is 2.33. The van der Waals surface area contributed by atoms with Crippen LogP contribution in [0.2, 0.25) is 0 Å². The summed E-state index contributed by atoms with van der Waals surface area (Å²) in [5.41, 5.74) is 9.07. The largest absolute Gasteiger partial charge is 0.371 e. The minimum atomic E-state index is 0.555. The Morgan fingerprint density at radius 1 is 1.15 bits per heavy atom. The van der Waals surface area contributed by atoms with Crippen LogP contribution in [-0.2, 0) is 12.8 Å². The van der Waals surface area contributed by atoms with Crippen molar-refractivity contribution in [3.8, 4) is 12.3 Å². The number of benzene rings is 2. The maximum Gasteiger partial charge on any atom is 0.0369 e. The molecule has 1 saturated heterocycles. The van der Waals surface area contributed by atoms with Crippen LogP contribution in [0.15, 0.2) is 43.0 Å². The molecule has 0 amide bonds. The second-order valence-electron chi connectivity index (χ2n) is 7.29. The van der Waals surface area contributed by atoms with Gasteiger partial charge in [-0.3, -0.25) is 0 Å². The van der Waals surface area contributed by atoms with Crippen molar-refractivity contribution in [3.63, 3.8) is 0 Å². The summed E-state index contributed by atoms with van der Waals surface area (Å²) in [7, 11) is 0. The van der Waals surface area contributed by atoms with Crippen LogP contribution in [0.3, 0.4) is 0 Å². The maximum absolute atomic E-state index is 5.47. The molecule has 1 aliphatic rings. The van der Waals surface area contributed by atoms with Crippen molar-refractivity contribution < 1.29 is 0 Å². The van der Waals surface area contributed by atoms with Gasteiger partial charge in [0.25, 0.3) is 0 Å². The Morgan fingerprint density at radius 3 is 2.42 bits per heavy atom. The van der Waals surface area contributed by atoms with E-state index in [4.69, 9.17) is 6.42 Å². The minimum absolute atomic E-state index is 0.555. The van der Waals surface area contributed by atoms with Crippen molar-refractivity contribution in [3.05, 3.63) is 76.4 Å². The number of hydrogen-bond acceptors (Lipinski definition) is 1. The summed E-state index contributed by atoms with van der Waals surface area (Å²) in [5.74, 6) is 3.25. The van der Waals surface area contributed by atoms with Crippen molar-refractivity contribution in [1.29, 1.82) is 0 Å². The maximum atomic E-state index is 5.47. The summed E-state index contributed by atoms with van der Waals surface area (Å²) in [5, 5.41) is 0. The predicted molar refractivity (Wildman–Crippen MR) is 112 cm³/mol. The lowest BCUT2D eigenvalue weighted by Gasteiger charge is -2.24. The third kappa shape index (κ3) is 3.56. The van der Waals surface area contributed by atoms with E-state index in [0.29, 0.717) is 5.92 Å². The fourth-order valence-corrected chi connectivity index (χ4v) is 4.08. The van der Waals surface area contributed by atoms with E-state index in [2.05, 4.69) is 62.4 Å². The first kappa shape index (κ1) is 18.3. The number of nitrogens with zero attached hydrogens (tertiary/aromatic N) is 1. The molecule has 0 radical (unpaired) electrons. The van der Waals surface area contributed by atoms with Gasteiger partial charge >= 0.3 is 0 Å². The molecule has 134 valence electrons. The zero-order valence-electron chi connectivity index (χ0n) is 16.3. The first-order valence-corrected chi connectivity index (χ1v) is 9.70. The van der Waals surface area contributed by atoms with Crippen molar-refractivity contribution in [2.45, 2.75) is 46.0 Å². The monoisotopic (exact) mass is 343 g/mol. The molecule has 3 rings (SSSR count). The standard InChI is InChI=1S/C25H29N/c1-6-20-9-11-23(12-10-20)24-13-14-26(17-24)19(5)25-16-22(8-3)21(7-2)15-18(25)4/h1,9-12,15-16,24H,5,7-8,13-14,17H2,2-4H3. The summed E-state index contributed by atoms with van der Waals surface area (Å²) in [6.07, 6.45) is 8.81. The third-order valence-electron chi connectivity index (χ3n) is 5.74. The Balaban J connectivity index is 1.78. The number of likely N-dealkylation sites (tertiary alicyclic amines) is 1. The highest BCUT2D eigenvalue weighted by atomic mass is 15.2. The predicted octanol–water partition coefficient (Wildman–Crippen LogP) is 5.56. The topological polar surface area (TPSA) is 3.24 Å². The zero-order valence-corrected chi connectivity index (χ0v) is 16.3. The van der Waals surface area contributed by atoms with Gasteiger partial charge in [0.1, 0.15) is 0 Å². The lowest BCUT2D eigenvalue weighted by molar-refractivity contribution is 0.485. The average molecular weight is 344 g/mol. The van der Waals surface area contributed by atoms with Crippen molar-refractivity contribution >= 4 is 5.70 Å². The molecule has 0 bridgehead atoms. The molecule has 1 aliphatic heterocycles. The minimum Gasteiger partial charge on any atom is -0.371 e. The Labute approximate surface area is 158 Å². The smallest absolute Gasteiger partial charge is 0.0369 e. The first-order chi connectivity index (χ1) is 12.6. The van der Waals surface area contributed by atoms with E-state index >= 15 is 0 Å². The first-order valence-electron chi connectivity index (χ1n) is 9.70. The molecule has 1 heteroatoms. The lowest BCUT2D eigenvalue weighted by atomic mass is 9.94. The quantitative estimate of drug-likeness (QED) is 0.642. The van der Waals surface area contributed by atoms with Gasteiger partial charge in [-0.25, -0.2) is 0 Å². The van der Waals surface area contributed by atoms with Crippen molar-refractivity contribution in [2.75, 3.05) is 13.1 Å². The lowest BCUT2D eigenvalue weighted by Crippen LogP contribution is -2.19. The van der Waals surface area contributed by atoms with E-state index < -0.39 is 0 Å². The van der Waals surface area contributed by atoms with E-state index in [0.717, 1.165) is 31.5 Å². The number of terminal acetylenes is 1. The molecule has 1 unspecified atom stereocenters. The van der Waals surface area contributed by atoms with Gasteiger partial charge in [-0.1, -0.05) is 44.5 Å². The summed E-state index contributed by atoms with van der Waals surface area (Å²) in [4.78, 5) is 2.45. The molecule has 0 spiro atoms. The third-order valence-corrected chi connectivity index (χ3v) is 5.74. The Morgan fingerprint density at radius 2 is 1.81 bits per heavy atom. The van der Waals surface area contributed by atoms with Crippen molar-refractivity contribution in [1.82, 2.24) is 4.90 Å². The van der Waals surface area contributed by atoms with Crippen LogP contribution in [-0.4, -0.2) is 18.0 Å². The molecule has 0 N–H and O–H groups in total. The Hall–Kier alpha value is -2.46. The summed E-state index contributed by atoms with van der Waals surface area (Å²) in [6.45, 7) is 13.2. The fraction of sp³-hybridized carbons (Fsp3) is 0.360. The molecule has 1 fully saturated rings. The Bertz CT molecular complexity index is 836. The SMILES string of the molecule is C#Cc1ccc(C2CCN(C(=C)c3cc(CC)c(CC)cc3C)C2)cc1. The molecule has 0 aliphatic carbocycles. The van der Waals surface area contributed by atoms with Gasteiger partial charge in [0, 0.05) is 35.8 Å². The van der Waals surface area contributed by atoms with Gasteiger partial charge in [-0.2, -0.15) is 0 Å². The van der Waals surface area contributed by atoms with Crippen LogP contribution < -0.4 is 0 Å². The summed E-state index contributed by atoms with van der Waals surface area (Å²) in [6, 6.07) is 13.2. The molecule has 0 aromatic heterocycles. The number of hydrogen-bond donors (Lipinski definition) is 0. The van der Waals surface area contributed by atoms with E-state index in [-0.39, 0.29) is 0 Å². The molecule has 26 heavy (non-hydrogen) atoms. The van der Waals surface area contributed by atoms with Crippen LogP contribution in [0.4, 0.5) is 0 Å². The van der Waals surface area contributed by atoms with E-state index in [1.807, 2.05) is 12.1 Å². The summed E-state index contributed by atoms with van der Waals surface area (Å²) >= 11 is 0. The molecule has 1 heterocycles. The molecule has 1 nitrogen and oxygen atoms in total. The van der Waals surface area contributed by atoms with E-state index in [9.17, 15) is 0 Å². The van der Waals surface area contributed by atoms with Crippen molar-refractivity contribution in [2.24, 2.45) is 0 Å². The van der Waals surface area contributed by atoms with Crippen LogP contribution in [0.25, 0.3) is 5.70 Å². The Kier molecular flexibility index (Phi) is 5.52.